The Bertz CT molecular complexity index is 589. The van der Waals surface area contributed by atoms with Crippen molar-refractivity contribution in [3.8, 4) is 0 Å². The highest BCUT2D eigenvalue weighted by Crippen LogP contribution is 2.36. The highest BCUT2D eigenvalue weighted by molar-refractivity contribution is 9.11. The Kier molecular flexibility index (Phi) is 4.82. The van der Waals surface area contributed by atoms with E-state index in [2.05, 4.69) is 15.9 Å². The van der Waals surface area contributed by atoms with Gasteiger partial charge in [0.25, 0.3) is 0 Å². The topological polar surface area (TPSA) is 0 Å². The number of aryl methyl sites for hydroxylation is 1. The minimum atomic E-state index is -4.30. The summed E-state index contributed by atoms with van der Waals surface area (Å²) in [6.07, 6.45) is -3.79. The van der Waals surface area contributed by atoms with E-state index in [1.165, 1.54) is 12.1 Å². The lowest BCUT2D eigenvalue weighted by molar-refractivity contribution is -0.137. The van der Waals surface area contributed by atoms with Gasteiger partial charge in [-0.1, -0.05) is 12.1 Å². The second-order valence-corrected chi connectivity index (χ2v) is 7.59. The Balaban J connectivity index is 2.12. The molecule has 0 aliphatic rings. The van der Waals surface area contributed by atoms with Gasteiger partial charge in [0.1, 0.15) is 0 Å². The van der Waals surface area contributed by atoms with Gasteiger partial charge in [-0.25, -0.2) is 0 Å². The first-order chi connectivity index (χ1) is 9.27. The standard InChI is InChI=1S/C14H11BrClF3S/c1-8-11(7-13(15)20-8)12(16)6-9-2-4-10(5-3-9)14(17,18)19/h2-5,7,12H,6H2,1H3. The van der Waals surface area contributed by atoms with Gasteiger partial charge in [0, 0.05) is 4.88 Å². The molecule has 1 unspecified atom stereocenters. The van der Waals surface area contributed by atoms with E-state index >= 15 is 0 Å². The third-order valence-electron chi connectivity index (χ3n) is 2.96. The molecule has 108 valence electrons. The molecule has 1 atom stereocenters. The Hall–Kier alpha value is -0.520. The fourth-order valence-corrected chi connectivity index (χ4v) is 4.16. The second-order valence-electron chi connectivity index (χ2n) is 4.43. The van der Waals surface area contributed by atoms with E-state index in [9.17, 15) is 13.2 Å². The molecule has 1 aromatic heterocycles. The highest BCUT2D eigenvalue weighted by atomic mass is 79.9. The van der Waals surface area contributed by atoms with E-state index in [1.807, 2.05) is 13.0 Å². The quantitative estimate of drug-likeness (QED) is 0.541. The van der Waals surface area contributed by atoms with Crippen molar-refractivity contribution < 1.29 is 13.2 Å². The summed E-state index contributed by atoms with van der Waals surface area (Å²) < 4.78 is 38.4. The van der Waals surface area contributed by atoms with E-state index in [0.717, 1.165) is 31.9 Å². The second kappa shape index (κ2) is 6.08. The molecule has 1 heterocycles. The lowest BCUT2D eigenvalue weighted by atomic mass is 10.0. The molecular weight excluding hydrogens is 373 g/mol. The molecule has 2 rings (SSSR count). The van der Waals surface area contributed by atoms with Crippen LogP contribution in [0.15, 0.2) is 34.1 Å². The maximum atomic E-state index is 12.5. The average Bonchev–Trinajstić information content (AvgIpc) is 2.68. The summed E-state index contributed by atoms with van der Waals surface area (Å²) in [5.41, 5.74) is 1.17. The van der Waals surface area contributed by atoms with Crippen LogP contribution >= 0.6 is 38.9 Å². The monoisotopic (exact) mass is 382 g/mol. The van der Waals surface area contributed by atoms with Crippen molar-refractivity contribution >= 4 is 38.9 Å². The zero-order chi connectivity index (χ0) is 14.9. The van der Waals surface area contributed by atoms with Crippen molar-refractivity contribution in [2.45, 2.75) is 24.9 Å². The minimum absolute atomic E-state index is 0.241. The molecule has 0 saturated carbocycles. The van der Waals surface area contributed by atoms with Crippen LogP contribution in [0, 0.1) is 6.92 Å². The molecule has 0 radical (unpaired) electrons. The summed E-state index contributed by atoms with van der Waals surface area (Å²) in [7, 11) is 0. The van der Waals surface area contributed by atoms with Crippen molar-refractivity contribution in [3.05, 3.63) is 55.7 Å². The minimum Gasteiger partial charge on any atom is -0.166 e. The first kappa shape index (κ1) is 15.9. The van der Waals surface area contributed by atoms with Crippen LogP contribution in [0.1, 0.15) is 26.9 Å². The Morgan fingerprint density at radius 3 is 2.30 bits per heavy atom. The van der Waals surface area contributed by atoms with Gasteiger partial charge in [-0.15, -0.1) is 22.9 Å². The van der Waals surface area contributed by atoms with Gasteiger partial charge in [-0.3, -0.25) is 0 Å². The van der Waals surface area contributed by atoms with Crippen molar-refractivity contribution in [3.63, 3.8) is 0 Å². The maximum Gasteiger partial charge on any atom is 0.416 e. The molecule has 20 heavy (non-hydrogen) atoms. The van der Waals surface area contributed by atoms with Gasteiger partial charge in [0.2, 0.25) is 0 Å². The number of hydrogen-bond donors (Lipinski definition) is 0. The SMILES string of the molecule is Cc1sc(Br)cc1C(Cl)Cc1ccc(C(F)(F)F)cc1. The summed E-state index contributed by atoms with van der Waals surface area (Å²) in [6.45, 7) is 1.98. The van der Waals surface area contributed by atoms with Crippen molar-refractivity contribution in [2.24, 2.45) is 0 Å². The lowest BCUT2D eigenvalue weighted by Gasteiger charge is -2.11. The Morgan fingerprint density at radius 2 is 1.85 bits per heavy atom. The van der Waals surface area contributed by atoms with Crippen molar-refractivity contribution in [2.75, 3.05) is 0 Å². The molecule has 0 nitrogen and oxygen atoms in total. The maximum absolute atomic E-state index is 12.5. The smallest absolute Gasteiger partial charge is 0.166 e. The number of halogens is 5. The van der Waals surface area contributed by atoms with E-state index in [0.29, 0.717) is 6.42 Å². The number of benzene rings is 1. The number of thiophene rings is 1. The fourth-order valence-electron chi connectivity index (χ4n) is 1.92. The third kappa shape index (κ3) is 3.77. The Labute approximate surface area is 132 Å². The van der Waals surface area contributed by atoms with Gasteiger partial charge in [-0.2, -0.15) is 13.2 Å². The summed E-state index contributed by atoms with van der Waals surface area (Å²) in [4.78, 5) is 1.11. The molecule has 6 heteroatoms. The van der Waals surface area contributed by atoms with Crippen molar-refractivity contribution in [1.82, 2.24) is 0 Å². The van der Waals surface area contributed by atoms with Crippen LogP contribution in [0.25, 0.3) is 0 Å². The van der Waals surface area contributed by atoms with Gasteiger partial charge in [-0.05, 0) is 58.6 Å². The van der Waals surface area contributed by atoms with Crippen LogP contribution in [0.3, 0.4) is 0 Å². The summed E-state index contributed by atoms with van der Waals surface area (Å²) in [5.74, 6) is 0. The zero-order valence-corrected chi connectivity index (χ0v) is 13.6. The fraction of sp³-hybridized carbons (Fsp3) is 0.286. The molecule has 0 N–H and O–H groups in total. The van der Waals surface area contributed by atoms with Gasteiger partial charge >= 0.3 is 6.18 Å². The van der Waals surface area contributed by atoms with Gasteiger partial charge in [0.05, 0.1) is 14.7 Å². The van der Waals surface area contributed by atoms with E-state index in [-0.39, 0.29) is 5.38 Å². The largest absolute Gasteiger partial charge is 0.416 e. The molecule has 0 fully saturated rings. The molecule has 2 aromatic rings. The lowest BCUT2D eigenvalue weighted by Crippen LogP contribution is -2.05. The number of alkyl halides is 4. The highest BCUT2D eigenvalue weighted by Gasteiger charge is 2.30. The predicted molar refractivity (Wildman–Crippen MR) is 80.5 cm³/mol. The van der Waals surface area contributed by atoms with Crippen LogP contribution in [0.5, 0.6) is 0 Å². The van der Waals surface area contributed by atoms with Crippen molar-refractivity contribution in [1.29, 1.82) is 0 Å². The third-order valence-corrected chi connectivity index (χ3v) is 4.92. The van der Waals surface area contributed by atoms with E-state index in [1.54, 1.807) is 11.3 Å². The molecule has 0 aliphatic heterocycles. The van der Waals surface area contributed by atoms with Crippen LogP contribution in [-0.4, -0.2) is 0 Å². The van der Waals surface area contributed by atoms with E-state index in [4.69, 9.17) is 11.6 Å². The van der Waals surface area contributed by atoms with Gasteiger partial charge in [0.15, 0.2) is 0 Å². The van der Waals surface area contributed by atoms with Crippen LogP contribution in [-0.2, 0) is 12.6 Å². The molecular formula is C14H11BrClF3S. The molecule has 1 aromatic carbocycles. The summed E-state index contributed by atoms with van der Waals surface area (Å²) >= 11 is 11.4. The van der Waals surface area contributed by atoms with Crippen LogP contribution < -0.4 is 0 Å². The summed E-state index contributed by atoms with van der Waals surface area (Å²) in [6, 6.07) is 7.11. The zero-order valence-electron chi connectivity index (χ0n) is 10.5. The molecule has 0 spiro atoms. The average molecular weight is 384 g/mol. The number of rotatable bonds is 3. The Morgan fingerprint density at radius 1 is 1.25 bits per heavy atom. The van der Waals surface area contributed by atoms with Gasteiger partial charge < -0.3 is 0 Å². The molecule has 0 bridgehead atoms. The predicted octanol–water partition coefficient (Wildman–Crippen LogP) is 6.36. The normalized spacial score (nSPS) is 13.5. The van der Waals surface area contributed by atoms with Crippen LogP contribution in [0.2, 0.25) is 0 Å². The number of hydrogen-bond acceptors (Lipinski definition) is 1. The first-order valence-corrected chi connectivity index (χ1v) is 7.88. The van der Waals surface area contributed by atoms with Crippen LogP contribution in [0.4, 0.5) is 13.2 Å². The first-order valence-electron chi connectivity index (χ1n) is 5.83. The summed E-state index contributed by atoms with van der Waals surface area (Å²) in [5, 5.41) is -0.241. The van der Waals surface area contributed by atoms with E-state index < -0.39 is 11.7 Å². The molecule has 0 saturated heterocycles. The molecule has 0 aliphatic carbocycles. The molecule has 0 amide bonds.